The maximum Gasteiger partial charge on any atom is 0.256 e. The Kier molecular flexibility index (Phi) is 3.42. The minimum atomic E-state index is -0.146. The zero-order valence-electron chi connectivity index (χ0n) is 11.1. The van der Waals surface area contributed by atoms with Gasteiger partial charge in [-0.3, -0.25) is 9.89 Å². The van der Waals surface area contributed by atoms with Gasteiger partial charge >= 0.3 is 0 Å². The summed E-state index contributed by atoms with van der Waals surface area (Å²) >= 11 is 0. The van der Waals surface area contributed by atoms with Gasteiger partial charge in [0.1, 0.15) is 0 Å². The van der Waals surface area contributed by atoms with Crippen LogP contribution in [0.3, 0.4) is 0 Å². The number of rotatable bonds is 2. The van der Waals surface area contributed by atoms with E-state index in [0.717, 1.165) is 11.3 Å². The number of aromatic nitrogens is 4. The van der Waals surface area contributed by atoms with Gasteiger partial charge in [0.15, 0.2) is 0 Å². The van der Waals surface area contributed by atoms with Gasteiger partial charge in [0.2, 0.25) is 0 Å². The fraction of sp³-hybridized carbons (Fsp3) is 0.385. The number of hydrogen-bond acceptors (Lipinski definition) is 5. The first kappa shape index (κ1) is 12.7. The highest BCUT2D eigenvalue weighted by Crippen LogP contribution is 2.26. The third-order valence-corrected chi connectivity index (χ3v) is 3.42. The first-order chi connectivity index (χ1) is 9.77. The summed E-state index contributed by atoms with van der Waals surface area (Å²) in [5.41, 5.74) is 2.47. The van der Waals surface area contributed by atoms with Gasteiger partial charge in [-0.15, -0.1) is 0 Å². The molecule has 1 aliphatic rings. The lowest BCUT2D eigenvalue weighted by molar-refractivity contribution is -0.00410. The molecule has 0 unspecified atom stereocenters. The Morgan fingerprint density at radius 2 is 2.35 bits per heavy atom. The highest BCUT2D eigenvalue weighted by Gasteiger charge is 2.31. The van der Waals surface area contributed by atoms with Gasteiger partial charge in [-0.2, -0.15) is 15.3 Å². The van der Waals surface area contributed by atoms with E-state index in [0.29, 0.717) is 25.3 Å². The summed E-state index contributed by atoms with van der Waals surface area (Å²) in [6, 6.07) is 1.52. The molecule has 1 amide bonds. The molecule has 2 aromatic rings. The van der Waals surface area contributed by atoms with E-state index in [9.17, 15) is 4.79 Å². The number of carbonyl (C=O) groups excluding carboxylic acids is 1. The number of ether oxygens (including phenoxy) is 1. The fourth-order valence-corrected chi connectivity index (χ4v) is 2.36. The van der Waals surface area contributed by atoms with Crippen LogP contribution in [0.15, 0.2) is 24.7 Å². The van der Waals surface area contributed by atoms with E-state index < -0.39 is 0 Å². The van der Waals surface area contributed by atoms with Crippen LogP contribution in [0.25, 0.3) is 0 Å². The minimum Gasteiger partial charge on any atom is -0.377 e. The number of hydrogen-bond donors (Lipinski definition) is 1. The zero-order valence-corrected chi connectivity index (χ0v) is 11.1. The van der Waals surface area contributed by atoms with E-state index in [1.165, 1.54) is 12.4 Å². The minimum absolute atomic E-state index is 0.0674. The third-order valence-electron chi connectivity index (χ3n) is 3.42. The smallest absolute Gasteiger partial charge is 0.256 e. The molecule has 1 N–H and O–H groups in total. The van der Waals surface area contributed by atoms with Crippen LogP contribution in [0.4, 0.5) is 0 Å². The Hall–Kier alpha value is -2.28. The van der Waals surface area contributed by atoms with E-state index in [2.05, 4.69) is 20.4 Å². The van der Waals surface area contributed by atoms with Gasteiger partial charge in [-0.05, 0) is 18.6 Å². The molecule has 3 heterocycles. The molecule has 7 nitrogen and oxygen atoms in total. The first-order valence-corrected chi connectivity index (χ1v) is 6.42. The molecular formula is C13H15N5O2. The molecule has 1 fully saturated rings. The number of aromatic amines is 1. The summed E-state index contributed by atoms with van der Waals surface area (Å²) in [6.07, 6.45) is 4.75. The standard InChI is InChI=1S/C13H15N5O2/c1-9-6-16-17-12(9)11-8-20-5-4-18(11)13(19)10-2-3-14-15-7-10/h2-3,6-7,11H,4-5,8H2,1H3,(H,16,17)/t11-/m0/s1. The summed E-state index contributed by atoms with van der Waals surface area (Å²) in [6.45, 7) is 3.51. The normalized spacial score (nSPS) is 19.1. The predicted molar refractivity (Wildman–Crippen MR) is 70.0 cm³/mol. The van der Waals surface area contributed by atoms with Gasteiger partial charge in [0, 0.05) is 6.54 Å². The number of morpholine rings is 1. The summed E-state index contributed by atoms with van der Waals surface area (Å²) in [5, 5.41) is 14.4. The number of amides is 1. The molecule has 0 bridgehead atoms. The maximum absolute atomic E-state index is 12.6. The van der Waals surface area contributed by atoms with Crippen molar-refractivity contribution in [1.29, 1.82) is 0 Å². The van der Waals surface area contributed by atoms with E-state index in [-0.39, 0.29) is 11.9 Å². The first-order valence-electron chi connectivity index (χ1n) is 6.42. The summed E-state index contributed by atoms with van der Waals surface area (Å²) in [4.78, 5) is 14.4. The Morgan fingerprint density at radius 3 is 3.05 bits per heavy atom. The summed E-state index contributed by atoms with van der Waals surface area (Å²) in [5.74, 6) is -0.0674. The monoisotopic (exact) mass is 273 g/mol. The molecule has 1 aliphatic heterocycles. The highest BCUT2D eigenvalue weighted by molar-refractivity contribution is 5.94. The SMILES string of the molecule is Cc1cn[nH]c1[C@@H]1COCCN1C(=O)c1ccnnc1. The number of nitrogens with one attached hydrogen (secondary N) is 1. The number of nitrogens with zero attached hydrogens (tertiary/aromatic N) is 4. The average molecular weight is 273 g/mol. The quantitative estimate of drug-likeness (QED) is 0.871. The number of carbonyl (C=O) groups is 1. The second-order valence-electron chi connectivity index (χ2n) is 4.69. The topological polar surface area (TPSA) is 84.0 Å². The van der Waals surface area contributed by atoms with Crippen LogP contribution >= 0.6 is 0 Å². The molecule has 1 atom stereocenters. The van der Waals surface area contributed by atoms with Crippen molar-refractivity contribution in [3.63, 3.8) is 0 Å². The third kappa shape index (κ3) is 2.27. The maximum atomic E-state index is 12.6. The molecular weight excluding hydrogens is 258 g/mol. The molecule has 2 aromatic heterocycles. The molecule has 7 heteroatoms. The van der Waals surface area contributed by atoms with Crippen LogP contribution in [0.1, 0.15) is 27.7 Å². The average Bonchev–Trinajstić information content (AvgIpc) is 2.93. The van der Waals surface area contributed by atoms with Crippen molar-refractivity contribution in [2.24, 2.45) is 0 Å². The Labute approximate surface area is 116 Å². The molecule has 1 saturated heterocycles. The van der Waals surface area contributed by atoms with Gasteiger partial charge in [-0.1, -0.05) is 0 Å². The lowest BCUT2D eigenvalue weighted by Gasteiger charge is -2.35. The molecule has 0 aliphatic carbocycles. The van der Waals surface area contributed by atoms with E-state index in [1.54, 1.807) is 17.2 Å². The number of aryl methyl sites for hydroxylation is 1. The van der Waals surface area contributed by atoms with Crippen molar-refractivity contribution < 1.29 is 9.53 Å². The fourth-order valence-electron chi connectivity index (χ4n) is 2.36. The zero-order chi connectivity index (χ0) is 13.9. The second kappa shape index (κ2) is 5.38. The number of H-pyrrole nitrogens is 1. The van der Waals surface area contributed by atoms with Crippen LogP contribution in [0.5, 0.6) is 0 Å². The molecule has 0 aromatic carbocycles. The molecule has 3 rings (SSSR count). The van der Waals surface area contributed by atoms with Crippen LogP contribution < -0.4 is 0 Å². The molecule has 104 valence electrons. The van der Waals surface area contributed by atoms with Gasteiger partial charge in [0.05, 0.1) is 49.1 Å². The van der Waals surface area contributed by atoms with Crippen molar-refractivity contribution in [2.45, 2.75) is 13.0 Å². The Morgan fingerprint density at radius 1 is 1.45 bits per heavy atom. The van der Waals surface area contributed by atoms with Crippen LogP contribution in [0, 0.1) is 6.92 Å². The predicted octanol–water partition coefficient (Wildman–Crippen LogP) is 0.722. The van der Waals surface area contributed by atoms with Crippen LogP contribution in [-0.2, 0) is 4.74 Å². The van der Waals surface area contributed by atoms with Crippen molar-refractivity contribution in [1.82, 2.24) is 25.3 Å². The lowest BCUT2D eigenvalue weighted by atomic mass is 10.1. The Bertz CT molecular complexity index is 598. The molecule has 0 spiro atoms. The second-order valence-corrected chi connectivity index (χ2v) is 4.69. The van der Waals surface area contributed by atoms with Crippen molar-refractivity contribution in [3.8, 4) is 0 Å². The summed E-state index contributed by atoms with van der Waals surface area (Å²) in [7, 11) is 0. The molecule has 20 heavy (non-hydrogen) atoms. The van der Waals surface area contributed by atoms with Crippen molar-refractivity contribution >= 4 is 5.91 Å². The van der Waals surface area contributed by atoms with E-state index in [4.69, 9.17) is 4.74 Å². The van der Waals surface area contributed by atoms with Crippen molar-refractivity contribution in [3.05, 3.63) is 41.5 Å². The molecule has 0 radical (unpaired) electrons. The van der Waals surface area contributed by atoms with Gasteiger partial charge in [0.25, 0.3) is 5.91 Å². The van der Waals surface area contributed by atoms with Gasteiger partial charge < -0.3 is 9.64 Å². The lowest BCUT2D eigenvalue weighted by Crippen LogP contribution is -2.43. The Balaban J connectivity index is 1.90. The van der Waals surface area contributed by atoms with Gasteiger partial charge in [-0.25, -0.2) is 0 Å². The van der Waals surface area contributed by atoms with Crippen LogP contribution in [0.2, 0.25) is 0 Å². The molecule has 0 saturated carbocycles. The van der Waals surface area contributed by atoms with E-state index >= 15 is 0 Å². The summed E-state index contributed by atoms with van der Waals surface area (Å²) < 4.78 is 5.51. The van der Waals surface area contributed by atoms with Crippen molar-refractivity contribution in [2.75, 3.05) is 19.8 Å². The largest absolute Gasteiger partial charge is 0.377 e. The highest BCUT2D eigenvalue weighted by atomic mass is 16.5. The van der Waals surface area contributed by atoms with E-state index in [1.807, 2.05) is 6.92 Å². The van der Waals surface area contributed by atoms with Crippen LogP contribution in [-0.4, -0.2) is 51.0 Å².